The maximum atomic E-state index is 13.7. The zero-order valence-corrected chi connectivity index (χ0v) is 13.1. The van der Waals surface area contributed by atoms with Crippen LogP contribution in [0.15, 0.2) is 26.7 Å². The Morgan fingerprint density at radius 1 is 1.37 bits per heavy atom. The van der Waals surface area contributed by atoms with Crippen LogP contribution in [0.1, 0.15) is 29.8 Å². The molecule has 0 aliphatic rings. The summed E-state index contributed by atoms with van der Waals surface area (Å²) in [4.78, 5) is 5.52. The van der Waals surface area contributed by atoms with Crippen LogP contribution < -0.4 is 5.32 Å². The summed E-state index contributed by atoms with van der Waals surface area (Å²) in [5.41, 5.74) is 2.67. The minimum Gasteiger partial charge on any atom is -0.313 e. The molecule has 1 atom stereocenters. The number of nitrogens with zero attached hydrogens (tertiary/aromatic N) is 1. The summed E-state index contributed by atoms with van der Waals surface area (Å²) < 4.78 is 14.7. The van der Waals surface area contributed by atoms with Crippen LogP contribution in [0, 0.1) is 19.7 Å². The van der Waals surface area contributed by atoms with E-state index >= 15 is 0 Å². The standard InChI is InChI=1S/C14H17FN2S2/c1-8-5-13(19-14-17-9(2)7-18-14)11(6-12(8)15)10(3)16-4/h5-7,10,16H,1-4H3. The Kier molecular flexibility index (Phi) is 4.60. The lowest BCUT2D eigenvalue weighted by Gasteiger charge is -2.16. The lowest BCUT2D eigenvalue weighted by molar-refractivity contribution is 0.594. The SMILES string of the molecule is CNC(C)c1cc(F)c(C)cc1Sc1nc(C)cs1. The molecule has 0 aliphatic heterocycles. The summed E-state index contributed by atoms with van der Waals surface area (Å²) >= 11 is 3.22. The molecule has 5 heteroatoms. The third-order valence-electron chi connectivity index (χ3n) is 2.99. The van der Waals surface area contributed by atoms with Crippen LogP contribution in [0.4, 0.5) is 4.39 Å². The van der Waals surface area contributed by atoms with Gasteiger partial charge in [-0.05, 0) is 51.1 Å². The van der Waals surface area contributed by atoms with Gasteiger partial charge in [0.05, 0.1) is 0 Å². The van der Waals surface area contributed by atoms with Gasteiger partial charge >= 0.3 is 0 Å². The minimum atomic E-state index is -0.156. The molecule has 1 N–H and O–H groups in total. The van der Waals surface area contributed by atoms with E-state index in [1.807, 2.05) is 32.3 Å². The third-order valence-corrected chi connectivity index (χ3v) is 5.12. The summed E-state index contributed by atoms with van der Waals surface area (Å²) in [6, 6.07) is 3.64. The number of benzene rings is 1. The first kappa shape index (κ1) is 14.5. The third kappa shape index (κ3) is 3.35. The summed E-state index contributed by atoms with van der Waals surface area (Å²) in [5.74, 6) is -0.156. The van der Waals surface area contributed by atoms with Gasteiger partial charge in [-0.25, -0.2) is 9.37 Å². The average Bonchev–Trinajstić information content (AvgIpc) is 2.78. The number of hydrogen-bond donors (Lipinski definition) is 1. The van der Waals surface area contributed by atoms with Crippen molar-refractivity contribution < 1.29 is 4.39 Å². The summed E-state index contributed by atoms with van der Waals surface area (Å²) in [5, 5.41) is 5.19. The molecule has 0 radical (unpaired) electrons. The molecule has 2 rings (SSSR count). The van der Waals surface area contributed by atoms with Gasteiger partial charge in [-0.1, -0.05) is 11.8 Å². The van der Waals surface area contributed by atoms with Crippen molar-refractivity contribution in [3.05, 3.63) is 40.2 Å². The molecular formula is C14H17FN2S2. The Bertz CT molecular complexity index is 581. The highest BCUT2D eigenvalue weighted by molar-refractivity contribution is 8.01. The number of aromatic nitrogens is 1. The van der Waals surface area contributed by atoms with Crippen molar-refractivity contribution in [3.8, 4) is 0 Å². The van der Waals surface area contributed by atoms with Crippen LogP contribution in [-0.4, -0.2) is 12.0 Å². The Labute approximate surface area is 121 Å². The molecule has 2 nitrogen and oxygen atoms in total. The molecule has 0 spiro atoms. The van der Waals surface area contributed by atoms with E-state index in [-0.39, 0.29) is 11.9 Å². The predicted molar refractivity (Wildman–Crippen MR) is 79.6 cm³/mol. The fourth-order valence-corrected chi connectivity index (χ4v) is 3.82. The zero-order valence-electron chi connectivity index (χ0n) is 11.5. The molecule has 1 aromatic carbocycles. The zero-order chi connectivity index (χ0) is 14.0. The van der Waals surface area contributed by atoms with Crippen LogP contribution >= 0.6 is 23.1 Å². The first-order valence-electron chi connectivity index (χ1n) is 6.08. The molecule has 0 fully saturated rings. The molecule has 0 bridgehead atoms. The second-order valence-corrected chi connectivity index (χ2v) is 6.65. The van der Waals surface area contributed by atoms with Gasteiger partial charge in [-0.3, -0.25) is 0 Å². The van der Waals surface area contributed by atoms with Crippen LogP contribution in [0.25, 0.3) is 0 Å². The molecule has 1 unspecified atom stereocenters. The van der Waals surface area contributed by atoms with Crippen LogP contribution in [-0.2, 0) is 0 Å². The van der Waals surface area contributed by atoms with Crippen molar-refractivity contribution in [2.24, 2.45) is 0 Å². The average molecular weight is 296 g/mol. The quantitative estimate of drug-likeness (QED) is 0.909. The molecule has 0 saturated heterocycles. The van der Waals surface area contributed by atoms with Crippen molar-refractivity contribution >= 4 is 23.1 Å². The number of thiazole rings is 1. The highest BCUT2D eigenvalue weighted by Gasteiger charge is 2.14. The molecule has 0 amide bonds. The molecular weight excluding hydrogens is 279 g/mol. The van der Waals surface area contributed by atoms with Crippen molar-refractivity contribution in [1.82, 2.24) is 10.3 Å². The van der Waals surface area contributed by atoms with Gasteiger partial charge in [-0.15, -0.1) is 11.3 Å². The minimum absolute atomic E-state index is 0.110. The molecule has 19 heavy (non-hydrogen) atoms. The van der Waals surface area contributed by atoms with Gasteiger partial charge in [0.15, 0.2) is 4.34 Å². The van der Waals surface area contributed by atoms with E-state index in [2.05, 4.69) is 10.3 Å². The van der Waals surface area contributed by atoms with Gasteiger partial charge < -0.3 is 5.32 Å². The molecule has 102 valence electrons. The number of aryl methyl sites for hydroxylation is 2. The second kappa shape index (κ2) is 6.03. The van der Waals surface area contributed by atoms with Gasteiger partial charge in [0.25, 0.3) is 0 Å². The fraction of sp³-hybridized carbons (Fsp3) is 0.357. The smallest absolute Gasteiger partial charge is 0.154 e. The van der Waals surface area contributed by atoms with Crippen LogP contribution in [0.2, 0.25) is 0 Å². The monoisotopic (exact) mass is 296 g/mol. The summed E-state index contributed by atoms with van der Waals surface area (Å²) in [6.07, 6.45) is 0. The van der Waals surface area contributed by atoms with E-state index in [1.54, 1.807) is 36.1 Å². The topological polar surface area (TPSA) is 24.9 Å². The Morgan fingerprint density at radius 3 is 2.68 bits per heavy atom. The predicted octanol–water partition coefficient (Wildman–Crippen LogP) is 4.33. The second-order valence-electron chi connectivity index (χ2n) is 4.51. The highest BCUT2D eigenvalue weighted by Crippen LogP contribution is 2.36. The normalized spacial score (nSPS) is 12.7. The fourth-order valence-electron chi connectivity index (χ4n) is 1.73. The van der Waals surface area contributed by atoms with Gasteiger partial charge in [0.2, 0.25) is 0 Å². The number of halogens is 1. The maximum absolute atomic E-state index is 13.7. The van der Waals surface area contributed by atoms with E-state index < -0.39 is 0 Å². The van der Waals surface area contributed by atoms with E-state index in [9.17, 15) is 4.39 Å². The van der Waals surface area contributed by atoms with Gasteiger partial charge in [0, 0.05) is 22.0 Å². The van der Waals surface area contributed by atoms with E-state index in [0.29, 0.717) is 5.56 Å². The number of hydrogen-bond acceptors (Lipinski definition) is 4. The Morgan fingerprint density at radius 2 is 2.11 bits per heavy atom. The Balaban J connectivity index is 2.39. The van der Waals surface area contributed by atoms with Crippen LogP contribution in [0.5, 0.6) is 0 Å². The first-order chi connectivity index (χ1) is 9.01. The van der Waals surface area contributed by atoms with Crippen molar-refractivity contribution in [2.75, 3.05) is 7.05 Å². The Hall–Kier alpha value is -0.910. The molecule has 0 saturated carbocycles. The number of nitrogens with one attached hydrogen (secondary N) is 1. The van der Waals surface area contributed by atoms with Crippen molar-refractivity contribution in [3.63, 3.8) is 0 Å². The van der Waals surface area contributed by atoms with E-state index in [1.165, 1.54) is 0 Å². The molecule has 0 aliphatic carbocycles. The van der Waals surface area contributed by atoms with Crippen molar-refractivity contribution in [1.29, 1.82) is 0 Å². The highest BCUT2D eigenvalue weighted by atomic mass is 32.2. The van der Waals surface area contributed by atoms with Crippen molar-refractivity contribution in [2.45, 2.75) is 36.0 Å². The largest absolute Gasteiger partial charge is 0.313 e. The molecule has 1 aromatic heterocycles. The summed E-state index contributed by atoms with van der Waals surface area (Å²) in [6.45, 7) is 5.80. The molecule has 2 aromatic rings. The van der Waals surface area contributed by atoms with E-state index in [4.69, 9.17) is 0 Å². The number of rotatable bonds is 4. The maximum Gasteiger partial charge on any atom is 0.154 e. The molecule has 1 heterocycles. The van der Waals surface area contributed by atoms with Gasteiger partial charge in [0.1, 0.15) is 5.82 Å². The summed E-state index contributed by atoms with van der Waals surface area (Å²) in [7, 11) is 1.88. The lowest BCUT2D eigenvalue weighted by atomic mass is 10.1. The van der Waals surface area contributed by atoms with Gasteiger partial charge in [-0.2, -0.15) is 0 Å². The van der Waals surface area contributed by atoms with Crippen LogP contribution in [0.3, 0.4) is 0 Å². The lowest BCUT2D eigenvalue weighted by Crippen LogP contribution is -2.13. The first-order valence-corrected chi connectivity index (χ1v) is 7.78. The van der Waals surface area contributed by atoms with E-state index in [0.717, 1.165) is 20.5 Å².